The molecule has 0 amide bonds. The molecule has 2 fully saturated rings. The highest BCUT2D eigenvalue weighted by molar-refractivity contribution is 7.90. The fraction of sp³-hybridized carbons (Fsp3) is 1.00. The molecule has 0 spiro atoms. The van der Waals surface area contributed by atoms with Gasteiger partial charge in [-0.25, -0.2) is 12.7 Å². The van der Waals surface area contributed by atoms with Gasteiger partial charge in [-0.15, -0.1) is 0 Å². The van der Waals surface area contributed by atoms with Crippen molar-refractivity contribution in [1.29, 1.82) is 0 Å². The molecule has 5 heteroatoms. The van der Waals surface area contributed by atoms with Crippen molar-refractivity contribution in [2.24, 2.45) is 5.73 Å². The molecule has 1 atom stereocenters. The standard InChI is InChI=1S/C12H24N2O2S/c1-11(13)12(7-3-2-4-8-12)17(15,16)14-9-5-6-10-14/h11H,2-10,13H2,1H3. The minimum Gasteiger partial charge on any atom is -0.326 e. The van der Waals surface area contributed by atoms with Gasteiger partial charge in [0.05, 0.1) is 0 Å². The van der Waals surface area contributed by atoms with Gasteiger partial charge in [0.2, 0.25) is 10.0 Å². The Kier molecular flexibility index (Phi) is 3.80. The summed E-state index contributed by atoms with van der Waals surface area (Å²) in [5.74, 6) is 0. The highest BCUT2D eigenvalue weighted by Gasteiger charge is 2.50. The lowest BCUT2D eigenvalue weighted by Gasteiger charge is -2.42. The van der Waals surface area contributed by atoms with E-state index in [-0.39, 0.29) is 6.04 Å². The molecule has 2 rings (SSSR count). The first-order chi connectivity index (χ1) is 8.01. The van der Waals surface area contributed by atoms with Crippen molar-refractivity contribution in [3.05, 3.63) is 0 Å². The van der Waals surface area contributed by atoms with Gasteiger partial charge in [0.25, 0.3) is 0 Å². The number of sulfonamides is 1. The summed E-state index contributed by atoms with van der Waals surface area (Å²) >= 11 is 0. The molecule has 1 saturated heterocycles. The molecule has 0 aromatic carbocycles. The third-order valence-corrected chi connectivity index (χ3v) is 7.30. The van der Waals surface area contributed by atoms with Crippen molar-refractivity contribution in [2.45, 2.75) is 62.7 Å². The van der Waals surface area contributed by atoms with Crippen LogP contribution in [0.1, 0.15) is 51.9 Å². The summed E-state index contributed by atoms with van der Waals surface area (Å²) < 4.78 is 26.6. The SMILES string of the molecule is CC(N)C1(S(=O)(=O)N2CCCC2)CCCCC1. The van der Waals surface area contributed by atoms with Gasteiger partial charge < -0.3 is 5.73 Å². The maximum atomic E-state index is 12.8. The number of hydrogen-bond acceptors (Lipinski definition) is 3. The highest BCUT2D eigenvalue weighted by Crippen LogP contribution is 2.40. The zero-order chi connectivity index (χ0) is 12.5. The Hall–Kier alpha value is -0.130. The fourth-order valence-electron chi connectivity index (χ4n) is 3.28. The van der Waals surface area contributed by atoms with Crippen LogP contribution < -0.4 is 5.73 Å². The maximum Gasteiger partial charge on any atom is 0.221 e. The van der Waals surface area contributed by atoms with Gasteiger partial charge in [-0.3, -0.25) is 0 Å². The van der Waals surface area contributed by atoms with Crippen LogP contribution in [0.2, 0.25) is 0 Å². The molecule has 17 heavy (non-hydrogen) atoms. The average Bonchev–Trinajstić information content (AvgIpc) is 2.83. The van der Waals surface area contributed by atoms with E-state index in [2.05, 4.69) is 0 Å². The van der Waals surface area contributed by atoms with Crippen LogP contribution in [0.4, 0.5) is 0 Å². The van der Waals surface area contributed by atoms with Crippen molar-refractivity contribution < 1.29 is 8.42 Å². The summed E-state index contributed by atoms with van der Waals surface area (Å²) in [6.45, 7) is 3.24. The van der Waals surface area contributed by atoms with Gasteiger partial charge >= 0.3 is 0 Å². The van der Waals surface area contributed by atoms with E-state index < -0.39 is 14.8 Å². The van der Waals surface area contributed by atoms with Crippen LogP contribution in [0.15, 0.2) is 0 Å². The molecule has 0 bridgehead atoms. The first kappa shape index (κ1) is 13.3. The second-order valence-corrected chi connectivity index (χ2v) is 7.80. The van der Waals surface area contributed by atoms with E-state index in [0.29, 0.717) is 13.1 Å². The number of nitrogens with two attached hydrogens (primary N) is 1. The van der Waals surface area contributed by atoms with Crippen LogP contribution in [-0.2, 0) is 10.0 Å². The van der Waals surface area contributed by atoms with E-state index in [1.54, 1.807) is 4.31 Å². The molecule has 2 N–H and O–H groups in total. The molecule has 2 aliphatic rings. The molecule has 1 saturated carbocycles. The first-order valence-corrected chi connectivity index (χ1v) is 8.20. The third-order valence-electron chi connectivity index (χ3n) is 4.45. The lowest BCUT2D eigenvalue weighted by atomic mass is 9.84. The minimum atomic E-state index is -3.21. The highest BCUT2D eigenvalue weighted by atomic mass is 32.2. The van der Waals surface area contributed by atoms with Gasteiger partial charge in [-0.05, 0) is 32.6 Å². The summed E-state index contributed by atoms with van der Waals surface area (Å²) in [5, 5.41) is 0. The minimum absolute atomic E-state index is 0.270. The Morgan fingerprint density at radius 3 is 2.06 bits per heavy atom. The quantitative estimate of drug-likeness (QED) is 0.835. The zero-order valence-electron chi connectivity index (χ0n) is 10.7. The number of rotatable bonds is 3. The maximum absolute atomic E-state index is 12.8. The molecule has 1 heterocycles. The van der Waals surface area contributed by atoms with Crippen molar-refractivity contribution in [2.75, 3.05) is 13.1 Å². The largest absolute Gasteiger partial charge is 0.326 e. The van der Waals surface area contributed by atoms with Gasteiger partial charge in [-0.2, -0.15) is 0 Å². The van der Waals surface area contributed by atoms with E-state index >= 15 is 0 Å². The molecule has 0 aromatic heterocycles. The van der Waals surface area contributed by atoms with Crippen LogP contribution in [0.25, 0.3) is 0 Å². The second kappa shape index (κ2) is 4.86. The zero-order valence-corrected chi connectivity index (χ0v) is 11.5. The fourth-order valence-corrected chi connectivity index (χ4v) is 5.81. The van der Waals surface area contributed by atoms with Crippen LogP contribution in [-0.4, -0.2) is 36.6 Å². The van der Waals surface area contributed by atoms with E-state index in [4.69, 9.17) is 5.73 Å². The molecular weight excluding hydrogens is 236 g/mol. The second-order valence-electron chi connectivity index (χ2n) is 5.53. The predicted octanol–water partition coefficient (Wildman–Crippen LogP) is 1.46. The van der Waals surface area contributed by atoms with Crippen molar-refractivity contribution in [3.8, 4) is 0 Å². The molecule has 1 aliphatic heterocycles. The first-order valence-electron chi connectivity index (χ1n) is 6.76. The average molecular weight is 260 g/mol. The topological polar surface area (TPSA) is 63.4 Å². The summed E-state index contributed by atoms with van der Waals surface area (Å²) in [6, 6.07) is -0.270. The lowest BCUT2D eigenvalue weighted by Crippen LogP contribution is -2.57. The molecular formula is C12H24N2O2S. The van der Waals surface area contributed by atoms with Gasteiger partial charge in [0.15, 0.2) is 0 Å². The van der Waals surface area contributed by atoms with Crippen LogP contribution in [0.3, 0.4) is 0 Å². The molecule has 4 nitrogen and oxygen atoms in total. The summed E-state index contributed by atoms with van der Waals surface area (Å²) in [5.41, 5.74) is 6.05. The van der Waals surface area contributed by atoms with E-state index in [1.807, 2.05) is 6.92 Å². The molecule has 0 aromatic rings. The Morgan fingerprint density at radius 1 is 1.06 bits per heavy atom. The molecule has 0 radical (unpaired) electrons. The van der Waals surface area contributed by atoms with Crippen LogP contribution in [0.5, 0.6) is 0 Å². The van der Waals surface area contributed by atoms with E-state index in [1.165, 1.54) is 0 Å². The summed E-state index contributed by atoms with van der Waals surface area (Å²) in [6.07, 6.45) is 6.60. The van der Waals surface area contributed by atoms with Gasteiger partial charge in [0, 0.05) is 19.1 Å². The number of nitrogens with zero attached hydrogens (tertiary/aromatic N) is 1. The predicted molar refractivity (Wildman–Crippen MR) is 69.2 cm³/mol. The van der Waals surface area contributed by atoms with Gasteiger partial charge in [0.1, 0.15) is 4.75 Å². The summed E-state index contributed by atoms with van der Waals surface area (Å²) in [7, 11) is -3.21. The monoisotopic (exact) mass is 260 g/mol. The Morgan fingerprint density at radius 2 is 1.59 bits per heavy atom. The van der Waals surface area contributed by atoms with Gasteiger partial charge in [-0.1, -0.05) is 19.3 Å². The Balaban J connectivity index is 2.31. The number of hydrogen-bond donors (Lipinski definition) is 1. The Bertz CT molecular complexity index is 353. The van der Waals surface area contributed by atoms with Crippen LogP contribution in [0, 0.1) is 0 Å². The van der Waals surface area contributed by atoms with E-state index in [9.17, 15) is 8.42 Å². The van der Waals surface area contributed by atoms with Crippen molar-refractivity contribution in [1.82, 2.24) is 4.31 Å². The summed E-state index contributed by atoms with van der Waals surface area (Å²) in [4.78, 5) is 0. The molecule has 1 unspecified atom stereocenters. The van der Waals surface area contributed by atoms with Crippen LogP contribution >= 0.6 is 0 Å². The van der Waals surface area contributed by atoms with Crippen molar-refractivity contribution in [3.63, 3.8) is 0 Å². The van der Waals surface area contributed by atoms with Crippen molar-refractivity contribution >= 4 is 10.0 Å². The lowest BCUT2D eigenvalue weighted by molar-refractivity contribution is 0.313. The molecule has 100 valence electrons. The normalized spacial score (nSPS) is 28.1. The van der Waals surface area contributed by atoms with E-state index in [0.717, 1.165) is 44.9 Å². The molecule has 1 aliphatic carbocycles. The Labute approximate surface area is 105 Å². The smallest absolute Gasteiger partial charge is 0.221 e. The third kappa shape index (κ3) is 2.13.